The summed E-state index contributed by atoms with van der Waals surface area (Å²) in [7, 11) is 0. The monoisotopic (exact) mass is 376 g/mol. The van der Waals surface area contributed by atoms with E-state index in [1.807, 2.05) is 18.2 Å². The maximum atomic E-state index is 12.9. The van der Waals surface area contributed by atoms with Gasteiger partial charge in [0, 0.05) is 31.5 Å². The second kappa shape index (κ2) is 6.68. The van der Waals surface area contributed by atoms with Crippen LogP contribution >= 0.6 is 0 Å². The van der Waals surface area contributed by atoms with E-state index in [1.54, 1.807) is 18.6 Å². The average Bonchev–Trinajstić information content (AvgIpc) is 3.15. The van der Waals surface area contributed by atoms with Gasteiger partial charge in [0.2, 0.25) is 5.95 Å². The normalized spacial score (nSPS) is 17.5. The Kier molecular flexibility index (Phi) is 4.01. The quantitative estimate of drug-likeness (QED) is 0.548. The van der Waals surface area contributed by atoms with Crippen molar-refractivity contribution in [3.63, 3.8) is 0 Å². The summed E-state index contributed by atoms with van der Waals surface area (Å²) >= 11 is 0. The topological polar surface area (TPSA) is 119 Å². The molecule has 4 heterocycles. The molecule has 1 aromatic carbocycles. The van der Waals surface area contributed by atoms with Gasteiger partial charge in [-0.05, 0) is 30.5 Å². The summed E-state index contributed by atoms with van der Waals surface area (Å²) in [5, 5.41) is 4.30. The molecule has 1 aliphatic heterocycles. The Bertz CT molecular complexity index is 1210. The Balaban J connectivity index is 1.48. The molecule has 1 saturated heterocycles. The third-order valence-corrected chi connectivity index (χ3v) is 5.11. The zero-order valence-corrected chi connectivity index (χ0v) is 15.2. The molecule has 1 atom stereocenters. The van der Waals surface area contributed by atoms with E-state index < -0.39 is 0 Å². The number of fused-ring (bicyclic) bond motifs is 2. The number of rotatable bonds is 3. The van der Waals surface area contributed by atoms with Gasteiger partial charge in [-0.3, -0.25) is 14.8 Å². The van der Waals surface area contributed by atoms with E-state index in [4.69, 9.17) is 5.73 Å². The average molecular weight is 376 g/mol. The first-order chi connectivity index (χ1) is 13.7. The molecule has 0 saturated carbocycles. The number of nitrogens with two attached hydrogens (primary N) is 1. The van der Waals surface area contributed by atoms with Crippen LogP contribution in [-0.2, 0) is 6.54 Å². The third-order valence-electron chi connectivity index (χ3n) is 5.11. The summed E-state index contributed by atoms with van der Waals surface area (Å²) in [5.74, 6) is 0.683. The Morgan fingerprint density at radius 3 is 2.89 bits per heavy atom. The Morgan fingerprint density at radius 2 is 2.04 bits per heavy atom. The highest BCUT2D eigenvalue weighted by Gasteiger charge is 2.20. The van der Waals surface area contributed by atoms with Crippen molar-refractivity contribution in [2.24, 2.45) is 5.73 Å². The van der Waals surface area contributed by atoms with E-state index in [0.717, 1.165) is 42.5 Å². The minimum atomic E-state index is -0.197. The van der Waals surface area contributed by atoms with Crippen LogP contribution in [0.4, 0.5) is 5.95 Å². The summed E-state index contributed by atoms with van der Waals surface area (Å²) in [5.41, 5.74) is 9.44. The zero-order valence-electron chi connectivity index (χ0n) is 15.2. The van der Waals surface area contributed by atoms with E-state index in [1.165, 1.54) is 4.68 Å². The lowest BCUT2D eigenvalue weighted by Crippen LogP contribution is -2.43. The number of aromatic amines is 1. The zero-order chi connectivity index (χ0) is 19.1. The molecule has 3 N–H and O–H groups in total. The fourth-order valence-corrected chi connectivity index (χ4v) is 3.68. The van der Waals surface area contributed by atoms with Gasteiger partial charge in [0.05, 0.1) is 23.8 Å². The standard InChI is InChI=1S/C19H20N8O/c20-13-2-1-7-26(11-13)19-24-16-9-23-27(18(28)17(16)25-19)10-12-3-4-14-15(8-12)22-6-5-21-14/h3-6,8-9,13H,1-2,7,10-11,20H2,(H,24,25)/t13-/m1/s1. The van der Waals surface area contributed by atoms with Crippen molar-refractivity contribution in [1.29, 1.82) is 0 Å². The van der Waals surface area contributed by atoms with Crippen LogP contribution in [0.25, 0.3) is 22.1 Å². The number of anilines is 1. The number of benzene rings is 1. The summed E-state index contributed by atoms with van der Waals surface area (Å²) in [6.07, 6.45) is 6.97. The number of nitrogens with zero attached hydrogens (tertiary/aromatic N) is 6. The summed E-state index contributed by atoms with van der Waals surface area (Å²) in [6, 6.07) is 5.89. The Hall–Kier alpha value is -3.33. The SMILES string of the molecule is N[C@@H]1CCCN(c2nc3cnn(Cc4ccc5nccnc5c4)c(=O)c3[nH]2)C1. The molecular formula is C19H20N8O. The molecule has 0 aliphatic carbocycles. The van der Waals surface area contributed by atoms with Crippen molar-refractivity contribution in [2.45, 2.75) is 25.4 Å². The number of piperidine rings is 1. The van der Waals surface area contributed by atoms with Gasteiger partial charge in [-0.25, -0.2) is 9.67 Å². The first kappa shape index (κ1) is 16.8. The van der Waals surface area contributed by atoms with Crippen LogP contribution in [0.5, 0.6) is 0 Å². The molecule has 1 fully saturated rings. The predicted octanol–water partition coefficient (Wildman–Crippen LogP) is 1.04. The van der Waals surface area contributed by atoms with Gasteiger partial charge in [0.25, 0.3) is 5.56 Å². The molecule has 5 rings (SSSR count). The van der Waals surface area contributed by atoms with Crippen molar-refractivity contribution in [1.82, 2.24) is 29.7 Å². The van der Waals surface area contributed by atoms with Gasteiger partial charge < -0.3 is 15.6 Å². The lowest BCUT2D eigenvalue weighted by atomic mass is 10.1. The van der Waals surface area contributed by atoms with Crippen molar-refractivity contribution < 1.29 is 0 Å². The van der Waals surface area contributed by atoms with E-state index in [0.29, 0.717) is 23.5 Å². The molecule has 28 heavy (non-hydrogen) atoms. The van der Waals surface area contributed by atoms with Gasteiger partial charge in [0.15, 0.2) is 0 Å². The maximum Gasteiger partial charge on any atom is 0.293 e. The summed E-state index contributed by atoms with van der Waals surface area (Å²) < 4.78 is 1.43. The molecular weight excluding hydrogens is 356 g/mol. The van der Waals surface area contributed by atoms with Gasteiger partial charge in [-0.15, -0.1) is 0 Å². The third kappa shape index (κ3) is 2.99. The molecule has 0 radical (unpaired) electrons. The Morgan fingerprint density at radius 1 is 1.18 bits per heavy atom. The predicted molar refractivity (Wildman–Crippen MR) is 106 cm³/mol. The highest BCUT2D eigenvalue weighted by Crippen LogP contribution is 2.18. The molecule has 142 valence electrons. The molecule has 0 spiro atoms. The van der Waals surface area contributed by atoms with Crippen molar-refractivity contribution in [3.8, 4) is 0 Å². The van der Waals surface area contributed by atoms with Gasteiger partial charge >= 0.3 is 0 Å². The maximum absolute atomic E-state index is 12.9. The number of H-pyrrole nitrogens is 1. The lowest BCUT2D eigenvalue weighted by molar-refractivity contribution is 0.501. The minimum absolute atomic E-state index is 0.132. The van der Waals surface area contributed by atoms with Crippen LogP contribution in [0.1, 0.15) is 18.4 Å². The number of aromatic nitrogens is 6. The summed E-state index contributed by atoms with van der Waals surface area (Å²) in [4.78, 5) is 31.3. The number of imidazole rings is 1. The minimum Gasteiger partial charge on any atom is -0.341 e. The molecule has 0 bridgehead atoms. The number of hydrogen-bond donors (Lipinski definition) is 2. The van der Waals surface area contributed by atoms with Crippen molar-refractivity contribution in [2.75, 3.05) is 18.0 Å². The van der Waals surface area contributed by atoms with E-state index in [9.17, 15) is 4.79 Å². The second-order valence-corrected chi connectivity index (χ2v) is 7.16. The van der Waals surface area contributed by atoms with Gasteiger partial charge in [0.1, 0.15) is 11.0 Å². The van der Waals surface area contributed by atoms with Gasteiger partial charge in [-0.1, -0.05) is 6.07 Å². The lowest BCUT2D eigenvalue weighted by Gasteiger charge is -2.30. The fourth-order valence-electron chi connectivity index (χ4n) is 3.68. The van der Waals surface area contributed by atoms with Gasteiger partial charge in [-0.2, -0.15) is 5.10 Å². The van der Waals surface area contributed by atoms with E-state index in [-0.39, 0.29) is 11.6 Å². The molecule has 9 heteroatoms. The van der Waals surface area contributed by atoms with Crippen LogP contribution in [0.3, 0.4) is 0 Å². The smallest absolute Gasteiger partial charge is 0.293 e. The first-order valence-corrected chi connectivity index (χ1v) is 9.33. The number of nitrogens with one attached hydrogen (secondary N) is 1. The first-order valence-electron chi connectivity index (χ1n) is 9.33. The summed E-state index contributed by atoms with van der Waals surface area (Å²) in [6.45, 7) is 1.97. The highest BCUT2D eigenvalue weighted by atomic mass is 16.1. The fraction of sp³-hybridized carbons (Fsp3) is 0.316. The van der Waals surface area contributed by atoms with E-state index in [2.05, 4.69) is 29.9 Å². The molecule has 4 aromatic rings. The molecule has 1 aliphatic rings. The largest absolute Gasteiger partial charge is 0.341 e. The van der Waals surface area contributed by atoms with Crippen LogP contribution in [0, 0.1) is 0 Å². The molecule has 3 aromatic heterocycles. The number of hydrogen-bond acceptors (Lipinski definition) is 7. The highest BCUT2D eigenvalue weighted by molar-refractivity contribution is 5.76. The van der Waals surface area contributed by atoms with Crippen molar-refractivity contribution >= 4 is 28.0 Å². The molecule has 0 amide bonds. The van der Waals surface area contributed by atoms with Crippen LogP contribution in [-0.4, -0.2) is 48.8 Å². The van der Waals surface area contributed by atoms with Crippen molar-refractivity contribution in [3.05, 3.63) is 52.7 Å². The van der Waals surface area contributed by atoms with E-state index >= 15 is 0 Å². The van der Waals surface area contributed by atoms with Crippen LogP contribution < -0.4 is 16.2 Å². The molecule has 0 unspecified atom stereocenters. The van der Waals surface area contributed by atoms with Crippen LogP contribution in [0.15, 0.2) is 41.6 Å². The molecule has 9 nitrogen and oxygen atoms in total. The second-order valence-electron chi connectivity index (χ2n) is 7.16. The Labute approximate surface area is 160 Å². The van der Waals surface area contributed by atoms with Crippen LogP contribution in [0.2, 0.25) is 0 Å².